The van der Waals surface area contributed by atoms with Gasteiger partial charge < -0.3 is 10.2 Å². The lowest BCUT2D eigenvalue weighted by Gasteiger charge is -2.33. The van der Waals surface area contributed by atoms with Gasteiger partial charge in [0.2, 0.25) is 0 Å². The van der Waals surface area contributed by atoms with E-state index < -0.39 is 0 Å². The Kier molecular flexibility index (Phi) is 3.71. The van der Waals surface area contributed by atoms with E-state index in [0.717, 1.165) is 43.3 Å². The first-order valence-electron chi connectivity index (χ1n) is 6.87. The second-order valence-electron chi connectivity index (χ2n) is 5.01. The van der Waals surface area contributed by atoms with Gasteiger partial charge in [0.05, 0.1) is 6.20 Å². The lowest BCUT2D eigenvalue weighted by atomic mass is 10.1. The van der Waals surface area contributed by atoms with Crippen LogP contribution in [0.1, 0.15) is 18.5 Å². The SMILES string of the molecule is Cc1cc(NC2CCN(c3cnccn3)CC2)ncn1. The molecule has 0 aliphatic carbocycles. The largest absolute Gasteiger partial charge is 0.367 e. The van der Waals surface area contributed by atoms with Crippen LogP contribution in [-0.2, 0) is 0 Å². The molecule has 104 valence electrons. The highest BCUT2D eigenvalue weighted by atomic mass is 15.2. The van der Waals surface area contributed by atoms with Gasteiger partial charge in [-0.2, -0.15) is 0 Å². The van der Waals surface area contributed by atoms with Crippen LogP contribution in [0, 0.1) is 6.92 Å². The zero-order valence-electron chi connectivity index (χ0n) is 11.5. The number of rotatable bonds is 3. The highest BCUT2D eigenvalue weighted by Gasteiger charge is 2.20. The van der Waals surface area contributed by atoms with Crippen LogP contribution in [0.3, 0.4) is 0 Å². The van der Waals surface area contributed by atoms with Crippen LogP contribution in [-0.4, -0.2) is 39.1 Å². The van der Waals surface area contributed by atoms with E-state index in [1.165, 1.54) is 0 Å². The van der Waals surface area contributed by atoms with E-state index in [1.54, 1.807) is 18.7 Å². The lowest BCUT2D eigenvalue weighted by Crippen LogP contribution is -2.39. The molecular formula is C14H18N6. The van der Waals surface area contributed by atoms with Gasteiger partial charge in [0.1, 0.15) is 18.0 Å². The van der Waals surface area contributed by atoms with Gasteiger partial charge in [-0.3, -0.25) is 4.98 Å². The lowest BCUT2D eigenvalue weighted by molar-refractivity contribution is 0.522. The maximum atomic E-state index is 4.35. The average Bonchev–Trinajstić information content (AvgIpc) is 2.49. The molecule has 0 unspecified atom stereocenters. The Bertz CT molecular complexity index is 551. The van der Waals surface area contributed by atoms with Crippen LogP contribution >= 0.6 is 0 Å². The fraction of sp³-hybridized carbons (Fsp3) is 0.429. The molecule has 6 nitrogen and oxygen atoms in total. The molecule has 1 saturated heterocycles. The van der Waals surface area contributed by atoms with Crippen molar-refractivity contribution in [3.05, 3.63) is 36.7 Å². The fourth-order valence-electron chi connectivity index (χ4n) is 2.45. The third-order valence-electron chi connectivity index (χ3n) is 3.52. The third kappa shape index (κ3) is 3.01. The van der Waals surface area contributed by atoms with Crippen LogP contribution in [0.5, 0.6) is 0 Å². The molecule has 0 saturated carbocycles. The molecule has 0 amide bonds. The molecule has 1 N–H and O–H groups in total. The summed E-state index contributed by atoms with van der Waals surface area (Å²) in [6, 6.07) is 2.44. The molecule has 1 aliphatic rings. The van der Waals surface area contributed by atoms with Gasteiger partial charge in [0.15, 0.2) is 0 Å². The number of aryl methyl sites for hydroxylation is 1. The molecule has 3 rings (SSSR count). The van der Waals surface area contributed by atoms with Gasteiger partial charge in [0.25, 0.3) is 0 Å². The number of nitrogens with one attached hydrogen (secondary N) is 1. The molecule has 1 fully saturated rings. The standard InChI is InChI=1S/C14H18N6/c1-11-8-13(18-10-17-11)19-12-2-6-20(7-3-12)14-9-15-4-5-16-14/h4-5,8-10,12H,2-3,6-7H2,1H3,(H,17,18,19). The van der Waals surface area contributed by atoms with E-state index in [0.29, 0.717) is 6.04 Å². The van der Waals surface area contributed by atoms with Crippen molar-refractivity contribution >= 4 is 11.6 Å². The van der Waals surface area contributed by atoms with Gasteiger partial charge in [-0.05, 0) is 19.8 Å². The van der Waals surface area contributed by atoms with Gasteiger partial charge in [-0.15, -0.1) is 0 Å². The number of nitrogens with zero attached hydrogens (tertiary/aromatic N) is 5. The summed E-state index contributed by atoms with van der Waals surface area (Å²) in [6.07, 6.45) is 9.01. The van der Waals surface area contributed by atoms with Crippen LogP contribution in [0.25, 0.3) is 0 Å². The first-order chi connectivity index (χ1) is 9.81. The van der Waals surface area contributed by atoms with E-state index in [-0.39, 0.29) is 0 Å². The van der Waals surface area contributed by atoms with Crippen molar-refractivity contribution < 1.29 is 0 Å². The first kappa shape index (κ1) is 12.8. The highest BCUT2D eigenvalue weighted by molar-refractivity contribution is 5.39. The first-order valence-corrected chi connectivity index (χ1v) is 6.87. The van der Waals surface area contributed by atoms with E-state index >= 15 is 0 Å². The van der Waals surface area contributed by atoms with Gasteiger partial charge in [0, 0.05) is 43.3 Å². The summed E-state index contributed by atoms with van der Waals surface area (Å²) in [6.45, 7) is 3.95. The Morgan fingerprint density at radius 2 is 2.00 bits per heavy atom. The summed E-state index contributed by atoms with van der Waals surface area (Å²) in [7, 11) is 0. The fourth-order valence-corrected chi connectivity index (χ4v) is 2.45. The van der Waals surface area contributed by atoms with E-state index in [2.05, 4.69) is 30.2 Å². The molecule has 0 bridgehead atoms. The van der Waals surface area contributed by atoms with Crippen molar-refractivity contribution in [2.45, 2.75) is 25.8 Å². The van der Waals surface area contributed by atoms with E-state index in [4.69, 9.17) is 0 Å². The molecule has 0 aromatic carbocycles. The highest BCUT2D eigenvalue weighted by Crippen LogP contribution is 2.19. The quantitative estimate of drug-likeness (QED) is 0.915. The molecule has 20 heavy (non-hydrogen) atoms. The van der Waals surface area contributed by atoms with Crippen molar-refractivity contribution in [2.24, 2.45) is 0 Å². The Labute approximate surface area is 118 Å². The van der Waals surface area contributed by atoms with Gasteiger partial charge in [-0.25, -0.2) is 15.0 Å². The van der Waals surface area contributed by atoms with Crippen molar-refractivity contribution in [1.29, 1.82) is 0 Å². The van der Waals surface area contributed by atoms with Crippen molar-refractivity contribution in [3.8, 4) is 0 Å². The number of piperidine rings is 1. The summed E-state index contributed by atoms with van der Waals surface area (Å²) >= 11 is 0. The van der Waals surface area contributed by atoms with E-state index in [1.807, 2.05) is 19.2 Å². The second-order valence-corrected chi connectivity index (χ2v) is 5.01. The number of hydrogen-bond acceptors (Lipinski definition) is 6. The van der Waals surface area contributed by atoms with Crippen molar-refractivity contribution in [2.75, 3.05) is 23.3 Å². The molecular weight excluding hydrogens is 252 g/mol. The molecule has 0 radical (unpaired) electrons. The summed E-state index contributed by atoms with van der Waals surface area (Å²) in [5.74, 6) is 1.87. The maximum Gasteiger partial charge on any atom is 0.147 e. The summed E-state index contributed by atoms with van der Waals surface area (Å²) in [5.41, 5.74) is 0.986. The third-order valence-corrected chi connectivity index (χ3v) is 3.52. The van der Waals surface area contributed by atoms with Crippen molar-refractivity contribution in [1.82, 2.24) is 19.9 Å². The monoisotopic (exact) mass is 270 g/mol. The van der Waals surface area contributed by atoms with Crippen LogP contribution in [0.4, 0.5) is 11.6 Å². The van der Waals surface area contributed by atoms with Crippen LogP contribution < -0.4 is 10.2 Å². The van der Waals surface area contributed by atoms with Crippen molar-refractivity contribution in [3.63, 3.8) is 0 Å². The Hall–Kier alpha value is -2.24. The summed E-state index contributed by atoms with van der Waals surface area (Å²) in [5, 5.41) is 3.48. The minimum Gasteiger partial charge on any atom is -0.367 e. The van der Waals surface area contributed by atoms with Crippen LogP contribution in [0.2, 0.25) is 0 Å². The Morgan fingerprint density at radius 1 is 1.15 bits per heavy atom. The smallest absolute Gasteiger partial charge is 0.147 e. The van der Waals surface area contributed by atoms with Gasteiger partial charge >= 0.3 is 0 Å². The van der Waals surface area contributed by atoms with Gasteiger partial charge in [-0.1, -0.05) is 0 Å². The summed E-state index contributed by atoms with van der Waals surface area (Å²) < 4.78 is 0. The Morgan fingerprint density at radius 3 is 2.70 bits per heavy atom. The normalized spacial score (nSPS) is 16.1. The molecule has 3 heterocycles. The molecule has 6 heteroatoms. The number of aromatic nitrogens is 4. The minimum absolute atomic E-state index is 0.456. The maximum absolute atomic E-state index is 4.35. The minimum atomic E-state index is 0.456. The topological polar surface area (TPSA) is 66.8 Å². The second kappa shape index (κ2) is 5.81. The van der Waals surface area contributed by atoms with Crippen LogP contribution in [0.15, 0.2) is 31.0 Å². The van der Waals surface area contributed by atoms with E-state index in [9.17, 15) is 0 Å². The average molecular weight is 270 g/mol. The predicted octanol–water partition coefficient (Wildman–Crippen LogP) is 1.66. The zero-order valence-corrected chi connectivity index (χ0v) is 11.5. The number of hydrogen-bond donors (Lipinski definition) is 1. The number of anilines is 2. The Balaban J connectivity index is 1.56. The molecule has 0 atom stereocenters. The summed E-state index contributed by atoms with van der Waals surface area (Å²) in [4.78, 5) is 19.1. The zero-order chi connectivity index (χ0) is 13.8. The molecule has 0 spiro atoms. The molecule has 2 aromatic rings. The molecule has 1 aliphatic heterocycles. The molecule has 2 aromatic heterocycles. The predicted molar refractivity (Wildman–Crippen MR) is 77.7 cm³/mol.